The number of anilines is 2. The minimum Gasteiger partial charge on any atom is -0.399 e. The summed E-state index contributed by atoms with van der Waals surface area (Å²) in [5.41, 5.74) is 7.84. The third kappa shape index (κ3) is 3.32. The van der Waals surface area contributed by atoms with Crippen molar-refractivity contribution in [2.75, 3.05) is 17.7 Å². The summed E-state index contributed by atoms with van der Waals surface area (Å²) in [4.78, 5) is 2.29. The maximum absolute atomic E-state index is 11.7. The maximum atomic E-state index is 11.7. The molecule has 0 bridgehead atoms. The van der Waals surface area contributed by atoms with Gasteiger partial charge in [0.05, 0.1) is 4.90 Å². The number of nitrogens with zero attached hydrogens (tertiary/aromatic N) is 1. The van der Waals surface area contributed by atoms with Gasteiger partial charge in [-0.15, -0.1) is 0 Å². The van der Waals surface area contributed by atoms with Crippen LogP contribution in [0.2, 0.25) is 0 Å². The lowest BCUT2D eigenvalue weighted by atomic mass is 9.84. The van der Waals surface area contributed by atoms with Gasteiger partial charge in [0.1, 0.15) is 0 Å². The average Bonchev–Trinajstić information content (AvgIpc) is 2.39. The first-order valence-electron chi connectivity index (χ1n) is 7.37. The molecule has 0 radical (unpaired) electrons. The maximum Gasteiger partial charge on any atom is 0.238 e. The first-order valence-corrected chi connectivity index (χ1v) is 8.92. The fraction of sp³-hybridized carbons (Fsp3) is 0.600. The number of nitrogen functional groups attached to an aromatic ring is 1. The van der Waals surface area contributed by atoms with E-state index in [1.54, 1.807) is 6.92 Å². The zero-order valence-electron chi connectivity index (χ0n) is 13.0. The van der Waals surface area contributed by atoms with Crippen molar-refractivity contribution in [1.82, 2.24) is 0 Å². The standard InChI is InChI=1S/C15H25N3O2S/c1-10-6-4-5-7-13(10)18(3)14-8-12(16)9-15(11(14)2)21(17,19)20/h8-10,13H,4-7,16H2,1-3H3,(H2,17,19,20). The van der Waals surface area contributed by atoms with Crippen LogP contribution in [0.4, 0.5) is 11.4 Å². The molecule has 0 amide bonds. The van der Waals surface area contributed by atoms with Crippen molar-refractivity contribution in [3.63, 3.8) is 0 Å². The molecule has 5 nitrogen and oxygen atoms in total. The molecule has 1 aromatic carbocycles. The molecule has 6 heteroatoms. The van der Waals surface area contributed by atoms with Crippen molar-refractivity contribution in [2.24, 2.45) is 11.1 Å². The molecule has 0 aromatic heterocycles. The summed E-state index contributed by atoms with van der Waals surface area (Å²) in [6, 6.07) is 3.69. The van der Waals surface area contributed by atoms with Gasteiger partial charge in [0.2, 0.25) is 10.0 Å². The molecule has 0 spiro atoms. The molecule has 21 heavy (non-hydrogen) atoms. The van der Waals surface area contributed by atoms with Crippen molar-refractivity contribution < 1.29 is 8.42 Å². The lowest BCUT2D eigenvalue weighted by Crippen LogP contribution is -2.39. The van der Waals surface area contributed by atoms with Crippen molar-refractivity contribution in [3.05, 3.63) is 17.7 Å². The molecule has 0 saturated heterocycles. The number of rotatable bonds is 3. The highest BCUT2D eigenvalue weighted by molar-refractivity contribution is 7.89. The molecule has 118 valence electrons. The smallest absolute Gasteiger partial charge is 0.238 e. The number of benzene rings is 1. The molecule has 2 unspecified atom stereocenters. The van der Waals surface area contributed by atoms with E-state index in [0.717, 1.165) is 12.1 Å². The normalized spacial score (nSPS) is 23.0. The molecule has 1 aliphatic rings. The van der Waals surface area contributed by atoms with Crippen molar-refractivity contribution in [3.8, 4) is 0 Å². The van der Waals surface area contributed by atoms with Crippen LogP contribution in [0.3, 0.4) is 0 Å². The van der Waals surface area contributed by atoms with Crippen molar-refractivity contribution in [1.29, 1.82) is 0 Å². The molecule has 4 N–H and O–H groups in total. The SMILES string of the molecule is Cc1c(N(C)C2CCCCC2C)cc(N)cc1S(N)(=O)=O. The summed E-state index contributed by atoms with van der Waals surface area (Å²) in [6.07, 6.45) is 4.81. The Morgan fingerprint density at radius 2 is 1.86 bits per heavy atom. The van der Waals surface area contributed by atoms with Gasteiger partial charge in [0.15, 0.2) is 0 Å². The third-order valence-electron chi connectivity index (χ3n) is 4.61. The first kappa shape index (κ1) is 16.1. The van der Waals surface area contributed by atoms with E-state index in [9.17, 15) is 8.42 Å². The lowest BCUT2D eigenvalue weighted by Gasteiger charge is -2.38. The third-order valence-corrected chi connectivity index (χ3v) is 5.64. The van der Waals surface area contributed by atoms with Gasteiger partial charge in [-0.05, 0) is 43.4 Å². The first-order chi connectivity index (χ1) is 9.71. The van der Waals surface area contributed by atoms with Gasteiger partial charge in [0.25, 0.3) is 0 Å². The molecule has 2 rings (SSSR count). The van der Waals surface area contributed by atoms with Gasteiger partial charge >= 0.3 is 0 Å². The van der Waals surface area contributed by atoms with Gasteiger partial charge in [-0.1, -0.05) is 19.8 Å². The van der Waals surface area contributed by atoms with Crippen LogP contribution in [0, 0.1) is 12.8 Å². The van der Waals surface area contributed by atoms with E-state index in [0.29, 0.717) is 23.2 Å². The Morgan fingerprint density at radius 3 is 2.43 bits per heavy atom. The quantitative estimate of drug-likeness (QED) is 0.838. The molecular formula is C15H25N3O2S. The molecule has 1 aliphatic carbocycles. The fourth-order valence-corrected chi connectivity index (χ4v) is 4.24. The molecular weight excluding hydrogens is 286 g/mol. The summed E-state index contributed by atoms with van der Waals surface area (Å²) in [7, 11) is -1.75. The van der Waals surface area contributed by atoms with E-state index < -0.39 is 10.0 Å². The summed E-state index contributed by atoms with van der Waals surface area (Å²) in [6.45, 7) is 4.04. The van der Waals surface area contributed by atoms with Crippen molar-refractivity contribution in [2.45, 2.75) is 50.5 Å². The molecule has 2 atom stereocenters. The number of hydrogen-bond acceptors (Lipinski definition) is 4. The Labute approximate surface area is 127 Å². The summed E-state index contributed by atoms with van der Waals surface area (Å²) in [5, 5.41) is 5.30. The Hall–Kier alpha value is -1.27. The van der Waals surface area contributed by atoms with E-state index in [1.807, 2.05) is 13.1 Å². The highest BCUT2D eigenvalue weighted by Gasteiger charge is 2.27. The van der Waals surface area contributed by atoms with Gasteiger partial charge in [-0.2, -0.15) is 0 Å². The summed E-state index contributed by atoms with van der Waals surface area (Å²) >= 11 is 0. The molecule has 1 saturated carbocycles. The molecule has 0 aliphatic heterocycles. The Morgan fingerprint density at radius 1 is 1.24 bits per heavy atom. The number of sulfonamides is 1. The minimum atomic E-state index is -3.76. The summed E-state index contributed by atoms with van der Waals surface area (Å²) < 4.78 is 23.5. The van der Waals surface area contributed by atoms with Crippen LogP contribution >= 0.6 is 0 Å². The van der Waals surface area contributed by atoms with Crippen LogP contribution in [-0.2, 0) is 10.0 Å². The molecule has 1 aromatic rings. The van der Waals surface area contributed by atoms with E-state index in [4.69, 9.17) is 10.9 Å². The highest BCUT2D eigenvalue weighted by atomic mass is 32.2. The monoisotopic (exact) mass is 311 g/mol. The predicted octanol–water partition coefficient (Wildman–Crippen LogP) is 2.24. The Bertz CT molecular complexity index is 628. The largest absolute Gasteiger partial charge is 0.399 e. The highest BCUT2D eigenvalue weighted by Crippen LogP contribution is 2.34. The number of hydrogen-bond donors (Lipinski definition) is 2. The molecule has 1 fully saturated rings. The predicted molar refractivity (Wildman–Crippen MR) is 86.8 cm³/mol. The van der Waals surface area contributed by atoms with Crippen LogP contribution in [0.1, 0.15) is 38.2 Å². The lowest BCUT2D eigenvalue weighted by molar-refractivity contribution is 0.321. The zero-order chi connectivity index (χ0) is 15.8. The van der Waals surface area contributed by atoms with Crippen LogP contribution in [0.25, 0.3) is 0 Å². The van der Waals surface area contributed by atoms with Gasteiger partial charge in [-0.25, -0.2) is 13.6 Å². The number of nitrogens with two attached hydrogens (primary N) is 2. The second-order valence-electron chi connectivity index (χ2n) is 6.15. The van der Waals surface area contributed by atoms with E-state index in [-0.39, 0.29) is 4.90 Å². The second-order valence-corrected chi connectivity index (χ2v) is 7.68. The van der Waals surface area contributed by atoms with Crippen LogP contribution in [0.5, 0.6) is 0 Å². The van der Waals surface area contributed by atoms with E-state index >= 15 is 0 Å². The number of primary sulfonamides is 1. The minimum absolute atomic E-state index is 0.118. The Kier molecular flexibility index (Phi) is 4.49. The van der Waals surface area contributed by atoms with Gasteiger partial charge in [0, 0.05) is 24.5 Å². The van der Waals surface area contributed by atoms with Crippen LogP contribution in [0.15, 0.2) is 17.0 Å². The molecule has 0 heterocycles. The second kappa shape index (κ2) is 5.85. The van der Waals surface area contributed by atoms with E-state index in [2.05, 4.69) is 11.8 Å². The summed E-state index contributed by atoms with van der Waals surface area (Å²) in [5.74, 6) is 0.586. The Balaban J connectivity index is 2.46. The zero-order valence-corrected chi connectivity index (χ0v) is 13.8. The van der Waals surface area contributed by atoms with E-state index in [1.165, 1.54) is 25.3 Å². The van der Waals surface area contributed by atoms with Crippen molar-refractivity contribution >= 4 is 21.4 Å². The topological polar surface area (TPSA) is 89.4 Å². The van der Waals surface area contributed by atoms with Crippen LogP contribution < -0.4 is 15.8 Å². The van der Waals surface area contributed by atoms with Gasteiger partial charge < -0.3 is 10.6 Å². The van der Waals surface area contributed by atoms with Crippen LogP contribution in [-0.4, -0.2) is 21.5 Å². The fourth-order valence-electron chi connectivity index (χ4n) is 3.41. The van der Waals surface area contributed by atoms with Gasteiger partial charge in [-0.3, -0.25) is 0 Å². The average molecular weight is 311 g/mol.